The predicted molar refractivity (Wildman–Crippen MR) is 109 cm³/mol. The number of piperidine rings is 1. The van der Waals surface area contributed by atoms with E-state index < -0.39 is 21.8 Å². The third kappa shape index (κ3) is 4.26. The lowest BCUT2D eigenvalue weighted by Crippen LogP contribution is -2.43. The Bertz CT molecular complexity index is 1010. The molecule has 28 heavy (non-hydrogen) atoms. The molecule has 1 fully saturated rings. The van der Waals surface area contributed by atoms with E-state index in [2.05, 4.69) is 5.32 Å². The van der Waals surface area contributed by atoms with E-state index in [4.69, 9.17) is 5.73 Å². The van der Waals surface area contributed by atoms with Crippen LogP contribution in [0.2, 0.25) is 0 Å². The molecule has 0 bridgehead atoms. The maximum Gasteiger partial charge on any atom is 0.252 e. The molecule has 1 aromatic heterocycles. The van der Waals surface area contributed by atoms with Crippen molar-refractivity contribution in [3.63, 3.8) is 0 Å². The molecule has 1 aliphatic heterocycles. The van der Waals surface area contributed by atoms with Gasteiger partial charge >= 0.3 is 0 Å². The number of anilines is 1. The Kier molecular flexibility index (Phi) is 5.87. The van der Waals surface area contributed by atoms with Gasteiger partial charge in [-0.2, -0.15) is 4.31 Å². The highest BCUT2D eigenvalue weighted by atomic mass is 32.2. The highest BCUT2D eigenvalue weighted by Gasteiger charge is 2.34. The Balaban J connectivity index is 1.71. The van der Waals surface area contributed by atoms with Crippen molar-refractivity contribution >= 4 is 38.9 Å². The molecule has 0 saturated carbocycles. The number of primary amides is 1. The second kappa shape index (κ2) is 8.02. The number of sulfonamides is 1. The number of nitrogens with two attached hydrogens (primary N) is 1. The highest BCUT2D eigenvalue weighted by molar-refractivity contribution is 7.91. The number of rotatable bonds is 5. The van der Waals surface area contributed by atoms with Gasteiger partial charge in [-0.3, -0.25) is 9.59 Å². The summed E-state index contributed by atoms with van der Waals surface area (Å²) in [5, 5.41) is 2.82. The third-order valence-electron chi connectivity index (χ3n) is 4.82. The molecule has 1 aromatic carbocycles. The van der Waals surface area contributed by atoms with Gasteiger partial charge in [-0.25, -0.2) is 8.42 Å². The summed E-state index contributed by atoms with van der Waals surface area (Å²) >= 11 is 1.24. The first-order valence-corrected chi connectivity index (χ1v) is 11.2. The van der Waals surface area contributed by atoms with E-state index in [9.17, 15) is 18.0 Å². The van der Waals surface area contributed by atoms with Gasteiger partial charge in [0.2, 0.25) is 11.8 Å². The summed E-state index contributed by atoms with van der Waals surface area (Å²) in [5.41, 5.74) is 6.93. The number of aryl methyl sites for hydroxylation is 2. The van der Waals surface area contributed by atoms with Crippen LogP contribution in [0.15, 0.2) is 34.5 Å². The third-order valence-corrected chi connectivity index (χ3v) is 8.16. The fourth-order valence-corrected chi connectivity index (χ4v) is 6.28. The molecule has 0 radical (unpaired) electrons. The topological polar surface area (TPSA) is 110 Å². The SMILES string of the molecule is Cc1ccc(S(=O)(=O)N2CCCC(C(=O)Nc3ccc(C(N)=O)c(C)c3)C2)s1. The van der Waals surface area contributed by atoms with Gasteiger partial charge in [0.15, 0.2) is 0 Å². The first-order valence-electron chi connectivity index (χ1n) is 8.96. The van der Waals surface area contributed by atoms with E-state index in [1.807, 2.05) is 6.92 Å². The van der Waals surface area contributed by atoms with E-state index >= 15 is 0 Å². The van der Waals surface area contributed by atoms with Crippen molar-refractivity contribution in [2.75, 3.05) is 18.4 Å². The van der Waals surface area contributed by atoms with Crippen LogP contribution in [0.4, 0.5) is 5.69 Å². The van der Waals surface area contributed by atoms with Crippen LogP contribution >= 0.6 is 11.3 Å². The van der Waals surface area contributed by atoms with E-state index in [-0.39, 0.29) is 12.5 Å². The quantitative estimate of drug-likeness (QED) is 0.773. The van der Waals surface area contributed by atoms with Crippen LogP contribution in [0.25, 0.3) is 0 Å². The number of hydrogen-bond donors (Lipinski definition) is 2. The normalized spacial score (nSPS) is 18.0. The van der Waals surface area contributed by atoms with Gasteiger partial charge in [0.1, 0.15) is 4.21 Å². The Morgan fingerprint density at radius 3 is 2.57 bits per heavy atom. The fraction of sp³-hybridized carbons (Fsp3) is 0.368. The lowest BCUT2D eigenvalue weighted by atomic mass is 9.98. The zero-order valence-electron chi connectivity index (χ0n) is 15.8. The Morgan fingerprint density at radius 2 is 1.96 bits per heavy atom. The number of carbonyl (C=O) groups is 2. The summed E-state index contributed by atoms with van der Waals surface area (Å²) in [6.07, 6.45) is 1.25. The molecule has 1 aliphatic rings. The highest BCUT2D eigenvalue weighted by Crippen LogP contribution is 2.28. The Labute approximate surface area is 168 Å². The van der Waals surface area contributed by atoms with Crippen molar-refractivity contribution in [1.29, 1.82) is 0 Å². The van der Waals surface area contributed by atoms with Gasteiger partial charge in [0.05, 0.1) is 5.92 Å². The fourth-order valence-electron chi connectivity index (χ4n) is 3.31. The zero-order valence-corrected chi connectivity index (χ0v) is 17.4. The van der Waals surface area contributed by atoms with Crippen molar-refractivity contribution in [3.8, 4) is 0 Å². The summed E-state index contributed by atoms with van der Waals surface area (Å²) < 4.78 is 27.4. The molecular weight excluding hydrogens is 398 g/mol. The van der Waals surface area contributed by atoms with Crippen molar-refractivity contribution in [1.82, 2.24) is 4.31 Å². The monoisotopic (exact) mass is 421 g/mol. The maximum absolute atomic E-state index is 12.8. The van der Waals surface area contributed by atoms with Crippen LogP contribution in [0, 0.1) is 19.8 Å². The van der Waals surface area contributed by atoms with E-state index in [1.165, 1.54) is 15.6 Å². The van der Waals surface area contributed by atoms with Crippen molar-refractivity contribution < 1.29 is 18.0 Å². The van der Waals surface area contributed by atoms with Crippen LogP contribution in [-0.4, -0.2) is 37.6 Å². The number of hydrogen-bond acceptors (Lipinski definition) is 5. The second-order valence-electron chi connectivity index (χ2n) is 6.95. The standard InChI is InChI=1S/C19H23N3O4S2/c1-12-10-15(6-7-16(12)18(20)23)21-19(24)14-4-3-9-22(11-14)28(25,26)17-8-5-13(2)27-17/h5-8,10,14H,3-4,9,11H2,1-2H3,(H2,20,23)(H,21,24). The van der Waals surface area contributed by atoms with E-state index in [0.717, 1.165) is 4.88 Å². The zero-order chi connectivity index (χ0) is 20.5. The molecule has 0 aliphatic carbocycles. The molecule has 0 spiro atoms. The number of carbonyl (C=O) groups excluding carboxylic acids is 2. The maximum atomic E-state index is 12.8. The molecule has 2 amide bonds. The first-order chi connectivity index (χ1) is 13.2. The van der Waals surface area contributed by atoms with Crippen LogP contribution in [0.1, 0.15) is 33.6 Å². The van der Waals surface area contributed by atoms with Crippen LogP contribution in [-0.2, 0) is 14.8 Å². The summed E-state index contributed by atoms with van der Waals surface area (Å²) in [6, 6.07) is 8.27. The Hall–Kier alpha value is -2.23. The van der Waals surface area contributed by atoms with Gasteiger partial charge in [0, 0.05) is 29.2 Å². The molecule has 9 heteroatoms. The van der Waals surface area contributed by atoms with Crippen LogP contribution in [0.3, 0.4) is 0 Å². The summed E-state index contributed by atoms with van der Waals surface area (Å²) in [7, 11) is -3.58. The van der Waals surface area contributed by atoms with Gasteiger partial charge in [-0.05, 0) is 62.6 Å². The minimum absolute atomic E-state index is 0.156. The van der Waals surface area contributed by atoms with E-state index in [0.29, 0.717) is 40.4 Å². The molecule has 7 nitrogen and oxygen atoms in total. The minimum Gasteiger partial charge on any atom is -0.366 e. The molecule has 2 aromatic rings. The van der Waals surface area contributed by atoms with Gasteiger partial charge in [-0.15, -0.1) is 11.3 Å². The number of benzene rings is 1. The number of thiophene rings is 1. The average molecular weight is 422 g/mol. The average Bonchev–Trinajstić information content (AvgIpc) is 3.09. The summed E-state index contributed by atoms with van der Waals surface area (Å²) in [4.78, 5) is 24.9. The van der Waals surface area contributed by atoms with Crippen molar-refractivity contribution in [2.45, 2.75) is 30.9 Å². The number of amides is 2. The van der Waals surface area contributed by atoms with E-state index in [1.54, 1.807) is 37.3 Å². The minimum atomic E-state index is -3.58. The van der Waals surface area contributed by atoms with Crippen LogP contribution < -0.4 is 11.1 Å². The lowest BCUT2D eigenvalue weighted by Gasteiger charge is -2.30. The first kappa shape index (κ1) is 20.5. The predicted octanol–water partition coefficient (Wildman–Crippen LogP) is 2.50. The van der Waals surface area contributed by atoms with Gasteiger partial charge in [0.25, 0.3) is 10.0 Å². The van der Waals surface area contributed by atoms with Gasteiger partial charge < -0.3 is 11.1 Å². The van der Waals surface area contributed by atoms with Gasteiger partial charge in [-0.1, -0.05) is 0 Å². The Morgan fingerprint density at radius 1 is 1.21 bits per heavy atom. The molecule has 3 rings (SSSR count). The summed E-state index contributed by atoms with van der Waals surface area (Å²) in [5.74, 6) is -1.18. The largest absolute Gasteiger partial charge is 0.366 e. The lowest BCUT2D eigenvalue weighted by molar-refractivity contribution is -0.120. The van der Waals surface area contributed by atoms with Crippen LogP contribution in [0.5, 0.6) is 0 Å². The molecular formula is C19H23N3O4S2. The summed E-state index contributed by atoms with van der Waals surface area (Å²) in [6.45, 7) is 4.17. The van der Waals surface area contributed by atoms with Crippen molar-refractivity contribution in [3.05, 3.63) is 46.3 Å². The molecule has 1 atom stereocenters. The molecule has 2 heterocycles. The molecule has 1 unspecified atom stereocenters. The smallest absolute Gasteiger partial charge is 0.252 e. The number of nitrogens with one attached hydrogen (secondary N) is 1. The molecule has 1 saturated heterocycles. The second-order valence-corrected chi connectivity index (χ2v) is 10.4. The molecule has 3 N–H and O–H groups in total. The van der Waals surface area contributed by atoms with Crippen molar-refractivity contribution in [2.24, 2.45) is 11.7 Å². The molecule has 150 valence electrons. The number of nitrogens with zero attached hydrogens (tertiary/aromatic N) is 1.